The Labute approximate surface area is 248 Å². The van der Waals surface area contributed by atoms with Crippen molar-refractivity contribution in [1.82, 2.24) is 14.8 Å². The van der Waals surface area contributed by atoms with Crippen LogP contribution in [0.4, 0.5) is 22.9 Å². The number of aromatic hydroxyl groups is 1. The molecule has 10 nitrogen and oxygen atoms in total. The lowest BCUT2D eigenvalue weighted by Gasteiger charge is -2.40. The molecule has 3 aromatic carbocycles. The van der Waals surface area contributed by atoms with Gasteiger partial charge in [0.1, 0.15) is 5.75 Å². The number of hydrogen-bond donors (Lipinski definition) is 2. The van der Waals surface area contributed by atoms with Gasteiger partial charge >= 0.3 is 0 Å². The number of nitrogens with zero attached hydrogens (tertiary/aromatic N) is 6. The predicted molar refractivity (Wildman–Crippen MR) is 167 cm³/mol. The first-order valence-corrected chi connectivity index (χ1v) is 14.0. The summed E-state index contributed by atoms with van der Waals surface area (Å²) in [6, 6.07) is 26.5. The zero-order chi connectivity index (χ0) is 29.5. The van der Waals surface area contributed by atoms with E-state index in [1.807, 2.05) is 92.7 Å². The molecule has 0 radical (unpaired) electrons. The van der Waals surface area contributed by atoms with Crippen LogP contribution in [0.15, 0.2) is 101 Å². The second kappa shape index (κ2) is 10.6. The molecule has 2 aliphatic rings. The van der Waals surface area contributed by atoms with Crippen LogP contribution in [0.1, 0.15) is 29.8 Å². The fourth-order valence-electron chi connectivity index (χ4n) is 5.56. The molecular weight excluding hydrogens is 542 g/mol. The van der Waals surface area contributed by atoms with Gasteiger partial charge in [0.05, 0.1) is 36.8 Å². The fourth-order valence-corrected chi connectivity index (χ4v) is 5.56. The van der Waals surface area contributed by atoms with Gasteiger partial charge in [0.25, 0.3) is 0 Å². The number of phenols is 1. The Morgan fingerprint density at radius 3 is 2.63 bits per heavy atom. The van der Waals surface area contributed by atoms with E-state index in [1.54, 1.807) is 24.1 Å². The Balaban J connectivity index is 1.49. The number of aryl methyl sites for hydroxylation is 1. The average molecular weight is 572 g/mol. The number of amidine groups is 2. The quantitative estimate of drug-likeness (QED) is 0.240. The molecule has 0 amide bonds. The third-order valence-corrected chi connectivity index (χ3v) is 7.44. The molecule has 0 saturated carbocycles. The first-order valence-electron chi connectivity index (χ1n) is 14.0. The summed E-state index contributed by atoms with van der Waals surface area (Å²) in [6.07, 6.45) is 1.74. The summed E-state index contributed by atoms with van der Waals surface area (Å²) in [5.41, 5.74) is 5.11. The molecule has 1 atom stereocenters. The number of aliphatic imine (C=N–C) groups is 2. The van der Waals surface area contributed by atoms with Crippen molar-refractivity contribution in [3.63, 3.8) is 0 Å². The Morgan fingerprint density at radius 1 is 0.953 bits per heavy atom. The third-order valence-electron chi connectivity index (χ3n) is 7.44. The summed E-state index contributed by atoms with van der Waals surface area (Å²) in [7, 11) is 1.64. The monoisotopic (exact) mass is 571 g/mol. The maximum absolute atomic E-state index is 10.6. The fraction of sp³-hybridized carbons (Fsp3) is 0.152. The zero-order valence-corrected chi connectivity index (χ0v) is 23.9. The smallest absolute Gasteiger partial charge is 0.179 e. The largest absolute Gasteiger partial charge is 0.504 e. The molecule has 10 heteroatoms. The van der Waals surface area contributed by atoms with Crippen LogP contribution < -0.4 is 19.7 Å². The van der Waals surface area contributed by atoms with Crippen molar-refractivity contribution in [2.45, 2.75) is 19.9 Å². The molecule has 2 N–H and O–H groups in total. The minimum atomic E-state index is -0.376. The summed E-state index contributed by atoms with van der Waals surface area (Å²) < 4.78 is 13.0. The highest BCUT2D eigenvalue weighted by Crippen LogP contribution is 2.49. The van der Waals surface area contributed by atoms with E-state index in [4.69, 9.17) is 24.6 Å². The van der Waals surface area contributed by atoms with E-state index in [1.165, 1.54) is 0 Å². The number of pyridine rings is 1. The molecule has 0 aliphatic carbocycles. The van der Waals surface area contributed by atoms with Gasteiger partial charge in [0, 0.05) is 23.5 Å². The number of hydrogen-bond acceptors (Lipinski definition) is 9. The van der Waals surface area contributed by atoms with Crippen molar-refractivity contribution < 1.29 is 14.6 Å². The van der Waals surface area contributed by atoms with Gasteiger partial charge < -0.3 is 24.8 Å². The topological polar surface area (TPSA) is 109 Å². The van der Waals surface area contributed by atoms with Gasteiger partial charge in [-0.05, 0) is 67.9 Å². The number of para-hydroxylation sites is 2. The highest BCUT2D eigenvalue weighted by molar-refractivity contribution is 6.51. The van der Waals surface area contributed by atoms with Crippen LogP contribution in [0.5, 0.6) is 17.2 Å². The second-order valence-corrected chi connectivity index (χ2v) is 10.1. The number of benzene rings is 3. The van der Waals surface area contributed by atoms with Gasteiger partial charge in [-0.1, -0.05) is 30.3 Å². The van der Waals surface area contributed by atoms with Crippen molar-refractivity contribution in [2.24, 2.45) is 9.98 Å². The van der Waals surface area contributed by atoms with Crippen LogP contribution in [0.25, 0.3) is 5.82 Å². The van der Waals surface area contributed by atoms with Crippen LogP contribution in [0.3, 0.4) is 0 Å². The normalized spacial score (nSPS) is 15.0. The van der Waals surface area contributed by atoms with Crippen LogP contribution >= 0.6 is 0 Å². The van der Waals surface area contributed by atoms with Crippen LogP contribution in [0.2, 0.25) is 0 Å². The maximum atomic E-state index is 10.6. The number of nitrogens with one attached hydrogen (secondary N) is 1. The van der Waals surface area contributed by atoms with Crippen molar-refractivity contribution in [1.29, 1.82) is 0 Å². The average Bonchev–Trinajstić information content (AvgIpc) is 3.37. The highest BCUT2D eigenvalue weighted by atomic mass is 16.5. The zero-order valence-electron chi connectivity index (χ0n) is 23.9. The standard InChI is InChI=1S/C33H29N7O3/c1-4-43-27-18-21(15-16-26(27)41)30-29-20(2)38-40(28-14-7-8-17-34-28)32(29)37-33-31(35-22-10-9-11-23(19-22)42-3)36-24-12-5-6-13-25(24)39(30)33/h5-19,30,41H,4H2,1-3H3,(H,35,36)/t30-/m1/s1. The molecule has 4 heterocycles. The number of rotatable bonds is 6. The highest BCUT2D eigenvalue weighted by Gasteiger charge is 2.41. The Kier molecular flexibility index (Phi) is 6.50. The molecule has 0 saturated heterocycles. The number of aromatic nitrogens is 3. The Bertz CT molecular complexity index is 1900. The van der Waals surface area contributed by atoms with Crippen molar-refractivity contribution in [3.8, 4) is 23.1 Å². The van der Waals surface area contributed by atoms with E-state index < -0.39 is 0 Å². The molecule has 0 unspecified atom stereocenters. The van der Waals surface area contributed by atoms with E-state index in [2.05, 4.69) is 15.2 Å². The van der Waals surface area contributed by atoms with E-state index in [0.29, 0.717) is 35.7 Å². The van der Waals surface area contributed by atoms with E-state index in [-0.39, 0.29) is 11.8 Å². The lowest BCUT2D eigenvalue weighted by atomic mass is 9.93. The van der Waals surface area contributed by atoms with Crippen LogP contribution in [0, 0.1) is 6.92 Å². The maximum Gasteiger partial charge on any atom is 0.179 e. The van der Waals surface area contributed by atoms with E-state index >= 15 is 0 Å². The number of methoxy groups -OCH3 is 1. The molecule has 214 valence electrons. The summed E-state index contributed by atoms with van der Waals surface area (Å²) in [6.45, 7) is 4.30. The molecule has 7 rings (SSSR count). The summed E-state index contributed by atoms with van der Waals surface area (Å²) in [4.78, 5) is 17.0. The molecule has 5 aromatic rings. The van der Waals surface area contributed by atoms with Gasteiger partial charge in [0.15, 0.2) is 34.8 Å². The molecule has 2 aromatic heterocycles. The first kappa shape index (κ1) is 26.3. The predicted octanol–water partition coefficient (Wildman–Crippen LogP) is 6.48. The van der Waals surface area contributed by atoms with Crippen molar-refractivity contribution in [3.05, 3.63) is 108 Å². The van der Waals surface area contributed by atoms with Gasteiger partial charge in [0.2, 0.25) is 0 Å². The Morgan fingerprint density at radius 2 is 1.81 bits per heavy atom. The summed E-state index contributed by atoms with van der Waals surface area (Å²) in [5, 5.41) is 19.0. The van der Waals surface area contributed by atoms with E-state index in [9.17, 15) is 5.11 Å². The van der Waals surface area contributed by atoms with E-state index in [0.717, 1.165) is 39.6 Å². The number of phenolic OH excluding ortho intramolecular Hbond substituents is 1. The van der Waals surface area contributed by atoms with Gasteiger partial charge in [-0.3, -0.25) is 0 Å². The molecular formula is C33H29N7O3. The van der Waals surface area contributed by atoms with Gasteiger partial charge in [-0.2, -0.15) is 9.78 Å². The minimum absolute atomic E-state index is 0.0809. The Hall–Kier alpha value is -5.64. The van der Waals surface area contributed by atoms with Crippen molar-refractivity contribution >= 4 is 34.6 Å². The molecule has 0 fully saturated rings. The molecule has 43 heavy (non-hydrogen) atoms. The SMILES string of the molecule is CCOc1cc([C@@H]2c3c(C)nn(-c4ccccn4)c3N=C3C(Nc4cccc(OC)c4)=Nc4ccccc4N32)ccc1O. The van der Waals surface area contributed by atoms with Gasteiger partial charge in [-0.25, -0.2) is 15.0 Å². The lowest BCUT2D eigenvalue weighted by molar-refractivity contribution is 0.317. The number of fused-ring (bicyclic) bond motifs is 4. The first-order chi connectivity index (χ1) is 21.1. The number of ether oxygens (including phenoxy) is 2. The lowest BCUT2D eigenvalue weighted by Crippen LogP contribution is -2.46. The van der Waals surface area contributed by atoms with Crippen LogP contribution in [-0.2, 0) is 0 Å². The van der Waals surface area contributed by atoms with Crippen LogP contribution in [-0.4, -0.2) is 45.3 Å². The second-order valence-electron chi connectivity index (χ2n) is 10.1. The summed E-state index contributed by atoms with van der Waals surface area (Å²) >= 11 is 0. The molecule has 2 aliphatic heterocycles. The summed E-state index contributed by atoms with van der Waals surface area (Å²) in [5.74, 6) is 3.70. The van der Waals surface area contributed by atoms with Gasteiger partial charge in [-0.15, -0.1) is 0 Å². The molecule has 0 bridgehead atoms. The minimum Gasteiger partial charge on any atom is -0.504 e. The molecule has 0 spiro atoms. The van der Waals surface area contributed by atoms with Crippen molar-refractivity contribution in [2.75, 3.05) is 23.9 Å². The number of anilines is 2. The third kappa shape index (κ3) is 4.53.